The molecule has 2 aromatic carbocycles. The first-order chi connectivity index (χ1) is 12.6. The molecule has 0 bridgehead atoms. The van der Waals surface area contributed by atoms with Crippen LogP contribution in [0.3, 0.4) is 0 Å². The van der Waals surface area contributed by atoms with Crippen LogP contribution in [0.2, 0.25) is 0 Å². The minimum Gasteiger partial charge on any atom is -0.319 e. The number of aromatic nitrogens is 1. The third-order valence-electron chi connectivity index (χ3n) is 4.70. The molecule has 2 heterocycles. The Morgan fingerprint density at radius 3 is 2.54 bits per heavy atom. The number of thiazole rings is 1. The Bertz CT molecular complexity index is 936. The molecule has 1 fully saturated rings. The number of nitrogens with one attached hydrogen (secondary N) is 1. The maximum absolute atomic E-state index is 13.3. The lowest BCUT2D eigenvalue weighted by molar-refractivity contribution is -0.132. The van der Waals surface area contributed by atoms with Crippen molar-refractivity contribution in [1.82, 2.24) is 15.2 Å². The summed E-state index contributed by atoms with van der Waals surface area (Å²) in [5.74, 6) is -0.199. The van der Waals surface area contributed by atoms with Crippen molar-refractivity contribution in [2.24, 2.45) is 0 Å². The van der Waals surface area contributed by atoms with Gasteiger partial charge in [-0.25, -0.2) is 9.78 Å². The number of hydrogen-bond acceptors (Lipinski definition) is 4. The smallest absolute Gasteiger partial charge is 0.319 e. The Morgan fingerprint density at radius 1 is 1.08 bits per heavy atom. The lowest BCUT2D eigenvalue weighted by atomic mass is 9.85. The maximum Gasteiger partial charge on any atom is 0.325 e. The average molecular weight is 365 g/mol. The number of para-hydroxylation sites is 1. The van der Waals surface area contributed by atoms with Gasteiger partial charge in [-0.05, 0) is 24.1 Å². The van der Waals surface area contributed by atoms with Gasteiger partial charge in [-0.15, -0.1) is 11.3 Å². The number of rotatable bonds is 5. The van der Waals surface area contributed by atoms with Gasteiger partial charge in [-0.3, -0.25) is 9.69 Å². The summed E-state index contributed by atoms with van der Waals surface area (Å²) in [6, 6.07) is 16.9. The molecule has 0 saturated carbocycles. The lowest BCUT2D eigenvalue weighted by Crippen LogP contribution is -2.43. The van der Waals surface area contributed by atoms with E-state index in [1.807, 2.05) is 61.5 Å². The second-order valence-corrected chi connectivity index (χ2v) is 7.53. The number of nitrogens with zero attached hydrogens (tertiary/aromatic N) is 2. The van der Waals surface area contributed by atoms with Crippen LogP contribution in [0.5, 0.6) is 0 Å². The molecule has 4 rings (SSSR count). The van der Waals surface area contributed by atoms with E-state index in [1.165, 1.54) is 16.2 Å². The van der Waals surface area contributed by atoms with Crippen LogP contribution in [0.15, 0.2) is 54.6 Å². The van der Waals surface area contributed by atoms with E-state index < -0.39 is 5.54 Å². The van der Waals surface area contributed by atoms with Gasteiger partial charge in [-0.2, -0.15) is 0 Å². The fraction of sp³-hybridized carbons (Fsp3) is 0.250. The summed E-state index contributed by atoms with van der Waals surface area (Å²) in [5, 5.41) is 3.71. The van der Waals surface area contributed by atoms with E-state index in [9.17, 15) is 9.59 Å². The van der Waals surface area contributed by atoms with Crippen LogP contribution in [-0.2, 0) is 16.9 Å². The molecule has 6 heteroatoms. The monoisotopic (exact) mass is 365 g/mol. The minimum atomic E-state index is -0.982. The van der Waals surface area contributed by atoms with E-state index >= 15 is 0 Å². The van der Waals surface area contributed by atoms with Crippen molar-refractivity contribution in [2.45, 2.75) is 31.8 Å². The predicted molar refractivity (Wildman–Crippen MR) is 102 cm³/mol. The maximum atomic E-state index is 13.3. The van der Waals surface area contributed by atoms with Crippen molar-refractivity contribution in [3.63, 3.8) is 0 Å². The first kappa shape index (κ1) is 16.7. The molecular formula is C20H19N3O2S. The van der Waals surface area contributed by atoms with Gasteiger partial charge >= 0.3 is 6.03 Å². The summed E-state index contributed by atoms with van der Waals surface area (Å²) in [5.41, 5.74) is 0.735. The number of amides is 3. The lowest BCUT2D eigenvalue weighted by Gasteiger charge is -2.26. The highest BCUT2D eigenvalue weighted by Crippen LogP contribution is 2.35. The standard InChI is InChI=1S/C20H19N3O2S/c1-2-12-20(14-8-4-3-5-9-14)18(24)23(19(25)22-20)13-17-21-15-10-6-7-11-16(15)26-17/h3-11H,2,12-13H2,1H3,(H,22,25)/t20-/m1/s1. The SMILES string of the molecule is CCC[C@]1(c2ccccc2)NC(=O)N(Cc2nc3ccccc3s2)C1=O. The van der Waals surface area contributed by atoms with E-state index in [0.29, 0.717) is 6.42 Å². The fourth-order valence-electron chi connectivity index (χ4n) is 3.50. The number of carbonyl (C=O) groups is 2. The van der Waals surface area contributed by atoms with Crippen LogP contribution in [0.4, 0.5) is 4.79 Å². The van der Waals surface area contributed by atoms with Gasteiger partial charge in [0.2, 0.25) is 0 Å². The van der Waals surface area contributed by atoms with E-state index in [0.717, 1.165) is 27.2 Å². The molecule has 132 valence electrons. The number of carbonyl (C=O) groups excluding carboxylic acids is 2. The molecule has 26 heavy (non-hydrogen) atoms. The van der Waals surface area contributed by atoms with Gasteiger partial charge in [0.1, 0.15) is 10.5 Å². The number of imide groups is 1. The Balaban J connectivity index is 1.67. The van der Waals surface area contributed by atoms with E-state index in [1.54, 1.807) is 0 Å². The minimum absolute atomic E-state index is 0.197. The Kier molecular flexibility index (Phi) is 4.20. The molecule has 0 radical (unpaired) electrons. The topological polar surface area (TPSA) is 62.3 Å². The van der Waals surface area contributed by atoms with Crippen LogP contribution in [0.1, 0.15) is 30.3 Å². The fourth-order valence-corrected chi connectivity index (χ4v) is 4.46. The van der Waals surface area contributed by atoms with Crippen molar-refractivity contribution < 1.29 is 9.59 Å². The summed E-state index contributed by atoms with van der Waals surface area (Å²) in [7, 11) is 0. The number of urea groups is 1. The van der Waals surface area contributed by atoms with E-state index in [4.69, 9.17) is 0 Å². The summed E-state index contributed by atoms with van der Waals surface area (Å²) < 4.78 is 1.05. The Morgan fingerprint density at radius 2 is 1.81 bits per heavy atom. The molecule has 1 aliphatic heterocycles. The van der Waals surface area contributed by atoms with Crippen molar-refractivity contribution >= 4 is 33.5 Å². The molecule has 1 aliphatic rings. The number of hydrogen-bond donors (Lipinski definition) is 1. The van der Waals surface area contributed by atoms with Crippen molar-refractivity contribution in [3.05, 3.63) is 65.2 Å². The predicted octanol–water partition coefficient (Wildman–Crippen LogP) is 4.04. The number of benzene rings is 2. The van der Waals surface area contributed by atoms with Crippen LogP contribution in [-0.4, -0.2) is 21.8 Å². The van der Waals surface area contributed by atoms with Gasteiger partial charge < -0.3 is 5.32 Å². The Hall–Kier alpha value is -2.73. The molecule has 3 amide bonds. The van der Waals surface area contributed by atoms with Gasteiger partial charge in [0.05, 0.1) is 16.8 Å². The first-order valence-electron chi connectivity index (χ1n) is 8.68. The second-order valence-electron chi connectivity index (χ2n) is 6.42. The van der Waals surface area contributed by atoms with Gasteiger partial charge in [0.15, 0.2) is 0 Å². The zero-order chi connectivity index (χ0) is 18.1. The summed E-state index contributed by atoms with van der Waals surface area (Å²) in [6.45, 7) is 2.21. The molecule has 1 atom stereocenters. The van der Waals surface area contributed by atoms with E-state index in [2.05, 4.69) is 10.3 Å². The highest BCUT2D eigenvalue weighted by Gasteiger charge is 2.51. The molecule has 3 aromatic rings. The zero-order valence-corrected chi connectivity index (χ0v) is 15.3. The molecular weight excluding hydrogens is 346 g/mol. The highest BCUT2D eigenvalue weighted by molar-refractivity contribution is 7.18. The molecule has 1 aromatic heterocycles. The molecule has 1 saturated heterocycles. The largest absolute Gasteiger partial charge is 0.325 e. The van der Waals surface area contributed by atoms with Gasteiger partial charge in [0.25, 0.3) is 5.91 Å². The molecule has 5 nitrogen and oxygen atoms in total. The zero-order valence-electron chi connectivity index (χ0n) is 14.4. The van der Waals surface area contributed by atoms with Crippen LogP contribution >= 0.6 is 11.3 Å². The van der Waals surface area contributed by atoms with Crippen LogP contribution in [0, 0.1) is 0 Å². The third kappa shape index (κ3) is 2.66. The van der Waals surface area contributed by atoms with Crippen LogP contribution in [0.25, 0.3) is 10.2 Å². The van der Waals surface area contributed by atoms with Crippen LogP contribution < -0.4 is 5.32 Å². The summed E-state index contributed by atoms with van der Waals surface area (Å²) >= 11 is 1.51. The van der Waals surface area contributed by atoms with Crippen molar-refractivity contribution in [2.75, 3.05) is 0 Å². The quantitative estimate of drug-likeness (QED) is 0.694. The van der Waals surface area contributed by atoms with Gasteiger partial charge in [-0.1, -0.05) is 55.8 Å². The molecule has 0 unspecified atom stereocenters. The third-order valence-corrected chi connectivity index (χ3v) is 5.72. The van der Waals surface area contributed by atoms with Gasteiger partial charge in [0, 0.05) is 0 Å². The molecule has 0 spiro atoms. The summed E-state index contributed by atoms with van der Waals surface area (Å²) in [4.78, 5) is 31.8. The molecule has 0 aliphatic carbocycles. The van der Waals surface area contributed by atoms with Crippen molar-refractivity contribution in [3.8, 4) is 0 Å². The Labute approximate surface area is 155 Å². The highest BCUT2D eigenvalue weighted by atomic mass is 32.1. The first-order valence-corrected chi connectivity index (χ1v) is 9.50. The number of fused-ring (bicyclic) bond motifs is 1. The molecule has 1 N–H and O–H groups in total. The van der Waals surface area contributed by atoms with E-state index in [-0.39, 0.29) is 18.5 Å². The second kappa shape index (κ2) is 6.53. The normalized spacial score (nSPS) is 20.0. The summed E-state index contributed by atoms with van der Waals surface area (Å²) in [6.07, 6.45) is 1.35. The van der Waals surface area contributed by atoms with Crippen molar-refractivity contribution in [1.29, 1.82) is 0 Å². The average Bonchev–Trinajstić information content (AvgIpc) is 3.17.